The highest BCUT2D eigenvalue weighted by Crippen LogP contribution is 2.39. The minimum Gasteiger partial charge on any atom is -0.309 e. The maximum absolute atomic E-state index is 5.24. The first-order valence-electron chi connectivity index (χ1n) is 18.7. The Balaban J connectivity index is 0.954. The average Bonchev–Trinajstić information content (AvgIpc) is 3.60. The largest absolute Gasteiger partial charge is 0.309 e. The molecule has 0 aliphatic heterocycles. The molecule has 0 unspecified atom stereocenters. The molecule has 2 aromatic heterocycles. The lowest BCUT2D eigenvalue weighted by Gasteiger charge is -2.13. The van der Waals surface area contributed by atoms with E-state index in [1.165, 1.54) is 60.5 Å². The van der Waals surface area contributed by atoms with Crippen molar-refractivity contribution in [3.63, 3.8) is 0 Å². The second-order valence-corrected chi connectivity index (χ2v) is 14.2. The summed E-state index contributed by atoms with van der Waals surface area (Å²) < 4.78 is 2.37. The Labute approximate surface area is 318 Å². The van der Waals surface area contributed by atoms with E-state index < -0.39 is 0 Å². The van der Waals surface area contributed by atoms with Crippen LogP contribution in [0, 0.1) is 0 Å². The van der Waals surface area contributed by atoms with Gasteiger partial charge in [-0.3, -0.25) is 4.98 Å². The van der Waals surface area contributed by atoms with Gasteiger partial charge in [0.05, 0.1) is 34.0 Å². The smallest absolute Gasteiger partial charge is 0.0979 e. The van der Waals surface area contributed by atoms with Crippen LogP contribution in [0.15, 0.2) is 200 Å². The van der Waals surface area contributed by atoms with Gasteiger partial charge < -0.3 is 4.57 Å². The summed E-state index contributed by atoms with van der Waals surface area (Å²) in [5, 5.41) is 7.15. The van der Waals surface area contributed by atoms with Crippen LogP contribution < -0.4 is 0 Å². The Kier molecular flexibility index (Phi) is 7.17. The zero-order valence-electron chi connectivity index (χ0n) is 29.9. The monoisotopic (exact) mass is 699 g/mol. The Morgan fingerprint density at radius 2 is 0.891 bits per heavy atom. The number of hydrogen-bond donors (Lipinski definition) is 0. The van der Waals surface area contributed by atoms with E-state index in [0.29, 0.717) is 0 Å². The summed E-state index contributed by atoms with van der Waals surface area (Å²) in [4.78, 5) is 10.2. The molecule has 0 fully saturated rings. The van der Waals surface area contributed by atoms with Gasteiger partial charge in [-0.25, -0.2) is 4.98 Å². The molecule has 0 aliphatic carbocycles. The quantitative estimate of drug-likeness (QED) is 0.167. The molecule has 0 amide bonds. The summed E-state index contributed by atoms with van der Waals surface area (Å²) >= 11 is 0. The lowest BCUT2D eigenvalue weighted by Crippen LogP contribution is -1.93. The molecular formula is C52H33N3. The topological polar surface area (TPSA) is 30.7 Å². The molecule has 0 saturated heterocycles. The van der Waals surface area contributed by atoms with Gasteiger partial charge in [0.25, 0.3) is 0 Å². The van der Waals surface area contributed by atoms with Gasteiger partial charge >= 0.3 is 0 Å². The number of nitrogens with zero attached hydrogens (tertiary/aromatic N) is 3. The van der Waals surface area contributed by atoms with Gasteiger partial charge in [-0.15, -0.1) is 0 Å². The molecule has 0 saturated carbocycles. The first-order valence-corrected chi connectivity index (χ1v) is 18.7. The highest BCUT2D eigenvalue weighted by atomic mass is 15.0. The average molecular weight is 700 g/mol. The van der Waals surface area contributed by atoms with Crippen LogP contribution in [-0.2, 0) is 0 Å². The van der Waals surface area contributed by atoms with Crippen molar-refractivity contribution in [1.29, 1.82) is 0 Å². The fourth-order valence-corrected chi connectivity index (χ4v) is 8.44. The highest BCUT2D eigenvalue weighted by Gasteiger charge is 2.16. The van der Waals surface area contributed by atoms with Crippen LogP contribution in [0.2, 0.25) is 0 Å². The van der Waals surface area contributed by atoms with E-state index in [9.17, 15) is 0 Å². The second-order valence-electron chi connectivity index (χ2n) is 14.2. The Morgan fingerprint density at radius 3 is 1.65 bits per heavy atom. The van der Waals surface area contributed by atoms with Crippen LogP contribution in [0.5, 0.6) is 0 Å². The molecule has 9 aromatic carbocycles. The van der Waals surface area contributed by atoms with E-state index in [0.717, 1.165) is 44.2 Å². The summed E-state index contributed by atoms with van der Waals surface area (Å²) in [7, 11) is 0. The van der Waals surface area contributed by atoms with E-state index in [1.807, 2.05) is 6.20 Å². The molecule has 2 heterocycles. The zero-order valence-corrected chi connectivity index (χ0v) is 29.9. The normalized spacial score (nSPS) is 11.6. The third kappa shape index (κ3) is 5.13. The summed E-state index contributed by atoms with van der Waals surface area (Å²) in [5.74, 6) is 0. The third-order valence-corrected chi connectivity index (χ3v) is 11.0. The van der Waals surface area contributed by atoms with Crippen molar-refractivity contribution in [1.82, 2.24) is 14.5 Å². The molecule has 11 aromatic rings. The summed E-state index contributed by atoms with van der Waals surface area (Å²) in [6, 6.07) is 69.5. The van der Waals surface area contributed by atoms with Gasteiger partial charge in [0, 0.05) is 32.8 Å². The van der Waals surface area contributed by atoms with Crippen LogP contribution in [0.4, 0.5) is 0 Å². The molecule has 3 heteroatoms. The van der Waals surface area contributed by atoms with Gasteiger partial charge in [-0.2, -0.15) is 0 Å². The van der Waals surface area contributed by atoms with E-state index in [1.54, 1.807) is 0 Å². The fourth-order valence-electron chi connectivity index (χ4n) is 8.44. The molecule has 0 radical (unpaired) electrons. The van der Waals surface area contributed by atoms with Crippen molar-refractivity contribution < 1.29 is 0 Å². The summed E-state index contributed by atoms with van der Waals surface area (Å²) in [5.41, 5.74) is 14.5. The van der Waals surface area contributed by atoms with Gasteiger partial charge in [0.2, 0.25) is 0 Å². The predicted molar refractivity (Wildman–Crippen MR) is 231 cm³/mol. The van der Waals surface area contributed by atoms with Crippen LogP contribution in [0.1, 0.15) is 0 Å². The standard InChI is InChI=1S/C52H33N3/c1-2-15-39(16-3-1)55-49-24-11-10-21-44(49)47-32-37(29-30-50(47)55)41-18-5-4-17-40(41)35-27-25-34(26-28-35)36-13-12-14-38(31-36)48-33-53-51-45-22-8-6-19-42(45)43-20-7-9-23-46(43)52(51)54-48/h1-33H. The van der Waals surface area contributed by atoms with Crippen molar-refractivity contribution in [2.75, 3.05) is 0 Å². The zero-order chi connectivity index (χ0) is 36.3. The van der Waals surface area contributed by atoms with E-state index in [2.05, 4.69) is 199 Å². The third-order valence-electron chi connectivity index (χ3n) is 11.0. The number of rotatable bonds is 5. The van der Waals surface area contributed by atoms with Crippen molar-refractivity contribution in [3.8, 4) is 50.3 Å². The number of para-hydroxylation sites is 2. The van der Waals surface area contributed by atoms with Crippen molar-refractivity contribution in [2.45, 2.75) is 0 Å². The molecule has 0 atom stereocenters. The highest BCUT2D eigenvalue weighted by molar-refractivity contribution is 6.23. The first-order chi connectivity index (χ1) is 27.3. The molecule has 3 nitrogen and oxygen atoms in total. The lowest BCUT2D eigenvalue weighted by atomic mass is 9.92. The van der Waals surface area contributed by atoms with Crippen LogP contribution >= 0.6 is 0 Å². The number of hydrogen-bond acceptors (Lipinski definition) is 2. The van der Waals surface area contributed by atoms with Crippen molar-refractivity contribution in [3.05, 3.63) is 200 Å². The van der Waals surface area contributed by atoms with E-state index in [-0.39, 0.29) is 0 Å². The molecule has 0 N–H and O–H groups in total. The van der Waals surface area contributed by atoms with Gasteiger partial charge in [-0.1, -0.05) is 158 Å². The summed E-state index contributed by atoms with van der Waals surface area (Å²) in [6.45, 7) is 0. The fraction of sp³-hybridized carbons (Fsp3) is 0. The number of fused-ring (bicyclic) bond motifs is 9. The van der Waals surface area contributed by atoms with Crippen LogP contribution in [0.3, 0.4) is 0 Å². The second kappa shape index (κ2) is 12.6. The number of aromatic nitrogens is 3. The molecule has 256 valence electrons. The first kappa shape index (κ1) is 31.2. The molecular weight excluding hydrogens is 667 g/mol. The van der Waals surface area contributed by atoms with Crippen LogP contribution in [-0.4, -0.2) is 14.5 Å². The molecule has 0 spiro atoms. The van der Waals surface area contributed by atoms with E-state index in [4.69, 9.17) is 9.97 Å². The maximum atomic E-state index is 5.24. The molecule has 0 aliphatic rings. The minimum absolute atomic E-state index is 0.865. The SMILES string of the molecule is c1ccc(-n2c3ccccc3c3cc(-c4ccccc4-c4ccc(-c5cccc(-c6cnc7c8ccccc8c8ccccc8c7n6)c5)cc4)ccc32)cc1. The molecule has 55 heavy (non-hydrogen) atoms. The Morgan fingerprint density at radius 1 is 0.327 bits per heavy atom. The maximum Gasteiger partial charge on any atom is 0.0979 e. The van der Waals surface area contributed by atoms with Gasteiger partial charge in [0.15, 0.2) is 0 Å². The Hall–Kier alpha value is -7.36. The van der Waals surface area contributed by atoms with Crippen molar-refractivity contribution >= 4 is 54.4 Å². The Bertz CT molecular complexity index is 3210. The lowest BCUT2D eigenvalue weighted by molar-refractivity contribution is 1.18. The van der Waals surface area contributed by atoms with Gasteiger partial charge in [-0.05, 0) is 80.6 Å². The predicted octanol–water partition coefficient (Wildman–Crippen LogP) is 13.7. The van der Waals surface area contributed by atoms with E-state index >= 15 is 0 Å². The van der Waals surface area contributed by atoms with Gasteiger partial charge in [0.1, 0.15) is 0 Å². The van der Waals surface area contributed by atoms with Crippen LogP contribution in [0.25, 0.3) is 105 Å². The number of benzene rings is 9. The minimum atomic E-state index is 0.865. The molecule has 11 rings (SSSR count). The molecule has 0 bridgehead atoms. The van der Waals surface area contributed by atoms with Crippen molar-refractivity contribution in [2.24, 2.45) is 0 Å². The summed E-state index contributed by atoms with van der Waals surface area (Å²) in [6.07, 6.45) is 1.92.